The van der Waals surface area contributed by atoms with Crippen molar-refractivity contribution in [1.29, 1.82) is 0 Å². The van der Waals surface area contributed by atoms with Crippen LogP contribution in [-0.4, -0.2) is 38.8 Å². The molecule has 1 aromatic rings. The molecule has 0 saturated carbocycles. The Morgan fingerprint density at radius 1 is 1.32 bits per heavy atom. The fourth-order valence-corrected chi connectivity index (χ4v) is 4.04. The smallest absolute Gasteiger partial charge is 0.119 e. The fourth-order valence-electron chi connectivity index (χ4n) is 4.04. The normalized spacial score (nSPS) is 34.1. The highest BCUT2D eigenvalue weighted by Gasteiger charge is 2.49. The van der Waals surface area contributed by atoms with Crippen LogP contribution in [0.25, 0.3) is 0 Å². The predicted octanol–water partition coefficient (Wildman–Crippen LogP) is 2.70. The minimum atomic E-state index is 0.257. The molecular formula is C16H24N2O. The zero-order valence-corrected chi connectivity index (χ0v) is 12.6. The third kappa shape index (κ3) is 1.61. The van der Waals surface area contributed by atoms with Gasteiger partial charge in [0.1, 0.15) is 5.75 Å². The number of fused-ring (bicyclic) bond motifs is 4. The molecule has 0 amide bonds. The van der Waals surface area contributed by atoms with Gasteiger partial charge in [-0.05, 0) is 43.1 Å². The number of piperidine rings is 1. The second kappa shape index (κ2) is 4.14. The van der Waals surface area contributed by atoms with Crippen molar-refractivity contribution in [3.05, 3.63) is 23.8 Å². The van der Waals surface area contributed by atoms with Gasteiger partial charge in [-0.3, -0.25) is 4.90 Å². The van der Waals surface area contributed by atoms with Crippen molar-refractivity contribution in [3.8, 4) is 5.75 Å². The average Bonchev–Trinajstić information content (AvgIpc) is 2.41. The molecule has 1 aromatic carbocycles. The maximum absolute atomic E-state index is 5.43. The van der Waals surface area contributed by atoms with E-state index in [0.717, 1.165) is 12.3 Å². The van der Waals surface area contributed by atoms with E-state index in [1.807, 2.05) is 0 Å². The van der Waals surface area contributed by atoms with Gasteiger partial charge >= 0.3 is 0 Å². The number of hydrogen-bond donors (Lipinski definition) is 0. The third-order valence-electron chi connectivity index (χ3n) is 5.48. The first-order valence-electron chi connectivity index (χ1n) is 7.10. The van der Waals surface area contributed by atoms with Crippen molar-refractivity contribution in [2.24, 2.45) is 5.92 Å². The SMILES string of the molecule is COc1ccc2c(c1)C1(C)CCN(C)C(C1C)N2C. The summed E-state index contributed by atoms with van der Waals surface area (Å²) in [5.41, 5.74) is 3.07. The Morgan fingerprint density at radius 3 is 2.74 bits per heavy atom. The summed E-state index contributed by atoms with van der Waals surface area (Å²) in [5.74, 6) is 1.59. The van der Waals surface area contributed by atoms with Crippen LogP contribution in [0.2, 0.25) is 0 Å². The third-order valence-corrected chi connectivity index (χ3v) is 5.48. The number of anilines is 1. The largest absolute Gasteiger partial charge is 0.497 e. The van der Waals surface area contributed by atoms with Crippen LogP contribution in [-0.2, 0) is 5.41 Å². The van der Waals surface area contributed by atoms with Gasteiger partial charge < -0.3 is 9.64 Å². The molecule has 3 unspecified atom stereocenters. The topological polar surface area (TPSA) is 15.7 Å². The van der Waals surface area contributed by atoms with Gasteiger partial charge in [-0.2, -0.15) is 0 Å². The van der Waals surface area contributed by atoms with Crippen LogP contribution in [0, 0.1) is 5.92 Å². The summed E-state index contributed by atoms with van der Waals surface area (Å²) >= 11 is 0. The van der Waals surface area contributed by atoms with Crippen molar-refractivity contribution in [3.63, 3.8) is 0 Å². The van der Waals surface area contributed by atoms with Crippen molar-refractivity contribution in [2.75, 3.05) is 32.6 Å². The summed E-state index contributed by atoms with van der Waals surface area (Å²) in [6.07, 6.45) is 1.72. The summed E-state index contributed by atoms with van der Waals surface area (Å²) in [6, 6.07) is 6.53. The van der Waals surface area contributed by atoms with Crippen molar-refractivity contribution in [2.45, 2.75) is 31.8 Å². The van der Waals surface area contributed by atoms with Gasteiger partial charge in [0.15, 0.2) is 0 Å². The minimum Gasteiger partial charge on any atom is -0.497 e. The van der Waals surface area contributed by atoms with Gasteiger partial charge in [-0.1, -0.05) is 13.8 Å². The summed E-state index contributed by atoms with van der Waals surface area (Å²) < 4.78 is 5.43. The van der Waals surface area contributed by atoms with Crippen LogP contribution in [0.5, 0.6) is 5.75 Å². The molecule has 1 saturated heterocycles. The Balaban J connectivity index is 2.19. The molecule has 2 aliphatic rings. The summed E-state index contributed by atoms with van der Waals surface area (Å²) in [6.45, 7) is 5.97. The van der Waals surface area contributed by atoms with E-state index in [9.17, 15) is 0 Å². The molecule has 2 bridgehead atoms. The maximum atomic E-state index is 5.43. The van der Waals surface area contributed by atoms with Gasteiger partial charge in [-0.25, -0.2) is 0 Å². The molecule has 104 valence electrons. The van der Waals surface area contributed by atoms with Gasteiger partial charge in [0.05, 0.1) is 13.3 Å². The van der Waals surface area contributed by atoms with E-state index < -0.39 is 0 Å². The highest BCUT2D eigenvalue weighted by molar-refractivity contribution is 5.62. The molecule has 0 aromatic heterocycles. The van der Waals surface area contributed by atoms with Gasteiger partial charge in [0, 0.05) is 24.7 Å². The zero-order valence-electron chi connectivity index (χ0n) is 12.6. The zero-order chi connectivity index (χ0) is 13.8. The number of likely N-dealkylation sites (tertiary alicyclic amines) is 1. The minimum absolute atomic E-state index is 0.257. The number of nitrogens with zero attached hydrogens (tertiary/aromatic N) is 2. The second-order valence-corrected chi connectivity index (χ2v) is 6.34. The van der Waals surface area contributed by atoms with Crippen LogP contribution >= 0.6 is 0 Å². The standard InChI is InChI=1S/C16H24N2O/c1-11-15-17(3)9-8-16(11,2)13-10-12(19-5)6-7-14(13)18(15)4/h6-7,10-11,15H,8-9H2,1-5H3. The Bertz CT molecular complexity index is 502. The van der Waals surface area contributed by atoms with E-state index in [-0.39, 0.29) is 5.41 Å². The molecule has 3 heteroatoms. The molecule has 2 aliphatic heterocycles. The lowest BCUT2D eigenvalue weighted by molar-refractivity contribution is 0.0536. The Hall–Kier alpha value is -1.22. The quantitative estimate of drug-likeness (QED) is 0.772. The number of methoxy groups -OCH3 is 1. The fraction of sp³-hybridized carbons (Fsp3) is 0.625. The number of hydrogen-bond acceptors (Lipinski definition) is 3. The molecule has 0 radical (unpaired) electrons. The molecule has 2 heterocycles. The summed E-state index contributed by atoms with van der Waals surface area (Å²) in [4.78, 5) is 4.92. The second-order valence-electron chi connectivity index (χ2n) is 6.34. The van der Waals surface area contributed by atoms with Gasteiger partial charge in [0.25, 0.3) is 0 Å². The number of rotatable bonds is 1. The molecule has 3 rings (SSSR count). The summed E-state index contributed by atoms with van der Waals surface area (Å²) in [5, 5.41) is 0. The molecule has 0 aliphatic carbocycles. The Kier molecular flexibility index (Phi) is 2.79. The van der Waals surface area contributed by atoms with Crippen molar-refractivity contribution >= 4 is 5.69 Å². The lowest BCUT2D eigenvalue weighted by Gasteiger charge is -2.57. The highest BCUT2D eigenvalue weighted by atomic mass is 16.5. The first-order valence-corrected chi connectivity index (χ1v) is 7.10. The maximum Gasteiger partial charge on any atom is 0.119 e. The lowest BCUT2D eigenvalue weighted by atomic mass is 9.63. The highest BCUT2D eigenvalue weighted by Crippen LogP contribution is 2.51. The van der Waals surface area contributed by atoms with Crippen molar-refractivity contribution in [1.82, 2.24) is 4.90 Å². The monoisotopic (exact) mass is 260 g/mol. The van der Waals surface area contributed by atoms with Crippen LogP contribution in [0.1, 0.15) is 25.8 Å². The van der Waals surface area contributed by atoms with Crippen LogP contribution < -0.4 is 9.64 Å². The van der Waals surface area contributed by atoms with Gasteiger partial charge in [0.2, 0.25) is 0 Å². The lowest BCUT2D eigenvalue weighted by Crippen LogP contribution is -2.62. The van der Waals surface area contributed by atoms with E-state index >= 15 is 0 Å². The predicted molar refractivity (Wildman–Crippen MR) is 78.9 cm³/mol. The van der Waals surface area contributed by atoms with Crippen LogP contribution in [0.15, 0.2) is 18.2 Å². The molecule has 0 N–H and O–H groups in total. The first-order chi connectivity index (χ1) is 8.99. The van der Waals surface area contributed by atoms with E-state index in [1.54, 1.807) is 7.11 Å². The number of benzene rings is 1. The number of ether oxygens (including phenoxy) is 1. The first kappa shape index (κ1) is 12.8. The van der Waals surface area contributed by atoms with Gasteiger partial charge in [-0.15, -0.1) is 0 Å². The molecular weight excluding hydrogens is 236 g/mol. The average molecular weight is 260 g/mol. The van der Waals surface area contributed by atoms with E-state index in [1.165, 1.54) is 17.7 Å². The molecule has 3 nitrogen and oxygen atoms in total. The van der Waals surface area contributed by atoms with Crippen LogP contribution in [0.3, 0.4) is 0 Å². The van der Waals surface area contributed by atoms with E-state index in [2.05, 4.69) is 55.9 Å². The molecule has 19 heavy (non-hydrogen) atoms. The van der Waals surface area contributed by atoms with Crippen molar-refractivity contribution < 1.29 is 4.74 Å². The molecule has 1 fully saturated rings. The molecule has 0 spiro atoms. The Morgan fingerprint density at radius 2 is 2.05 bits per heavy atom. The summed E-state index contributed by atoms with van der Waals surface area (Å²) in [7, 11) is 6.21. The van der Waals surface area contributed by atoms with E-state index in [4.69, 9.17) is 4.74 Å². The van der Waals surface area contributed by atoms with Crippen LogP contribution in [0.4, 0.5) is 5.69 Å². The van der Waals surface area contributed by atoms with E-state index in [0.29, 0.717) is 12.1 Å². The molecule has 3 atom stereocenters. The Labute approximate surface area is 116 Å².